The summed E-state index contributed by atoms with van der Waals surface area (Å²) in [5.74, 6) is 1.55. The fourth-order valence-electron chi connectivity index (χ4n) is 2.14. The molecule has 2 unspecified atom stereocenters. The predicted molar refractivity (Wildman–Crippen MR) is 55.8 cm³/mol. The first-order chi connectivity index (χ1) is 6.36. The molecule has 1 aromatic rings. The number of benzene rings is 1. The van der Waals surface area contributed by atoms with Crippen molar-refractivity contribution in [3.05, 3.63) is 35.9 Å². The van der Waals surface area contributed by atoms with Crippen molar-refractivity contribution >= 4 is 0 Å². The van der Waals surface area contributed by atoms with E-state index in [1.54, 1.807) is 0 Å². The number of piperidine rings is 1. The van der Waals surface area contributed by atoms with Crippen molar-refractivity contribution in [3.63, 3.8) is 0 Å². The van der Waals surface area contributed by atoms with Crippen molar-refractivity contribution in [1.82, 2.24) is 5.32 Å². The van der Waals surface area contributed by atoms with Gasteiger partial charge in [-0.05, 0) is 30.4 Å². The van der Waals surface area contributed by atoms with Crippen LogP contribution in [0.2, 0.25) is 0 Å². The molecule has 1 aliphatic heterocycles. The summed E-state index contributed by atoms with van der Waals surface area (Å²) in [6, 6.07) is 10.8. The summed E-state index contributed by atoms with van der Waals surface area (Å²) < 4.78 is 0. The third-order valence-electron chi connectivity index (χ3n) is 2.84. The summed E-state index contributed by atoms with van der Waals surface area (Å²) in [6.07, 6.45) is 1.33. The molecule has 1 N–H and O–H groups in total. The average Bonchev–Trinajstić information content (AvgIpc) is 2.19. The van der Waals surface area contributed by atoms with Crippen LogP contribution in [0.4, 0.5) is 0 Å². The molecule has 0 radical (unpaired) electrons. The molecule has 0 bridgehead atoms. The number of nitrogens with one attached hydrogen (secondary N) is 1. The van der Waals surface area contributed by atoms with Crippen LogP contribution in [0.15, 0.2) is 30.3 Å². The largest absolute Gasteiger partial charge is 0.316 e. The fourth-order valence-corrected chi connectivity index (χ4v) is 2.14. The molecule has 1 saturated heterocycles. The second kappa shape index (κ2) is 3.93. The van der Waals surface area contributed by atoms with Crippen LogP contribution in [0.25, 0.3) is 0 Å². The highest BCUT2D eigenvalue weighted by Crippen LogP contribution is 2.25. The second-order valence-electron chi connectivity index (χ2n) is 4.11. The molecule has 2 rings (SSSR count). The topological polar surface area (TPSA) is 12.0 Å². The zero-order chi connectivity index (χ0) is 9.10. The van der Waals surface area contributed by atoms with E-state index in [0.29, 0.717) is 0 Å². The Balaban J connectivity index is 2.08. The van der Waals surface area contributed by atoms with E-state index in [-0.39, 0.29) is 0 Å². The lowest BCUT2D eigenvalue weighted by Gasteiger charge is -2.27. The summed E-state index contributed by atoms with van der Waals surface area (Å²) in [5, 5.41) is 3.48. The monoisotopic (exact) mass is 175 g/mol. The van der Waals surface area contributed by atoms with Crippen LogP contribution in [-0.4, -0.2) is 13.1 Å². The van der Waals surface area contributed by atoms with Crippen molar-refractivity contribution in [1.29, 1.82) is 0 Å². The van der Waals surface area contributed by atoms with Crippen molar-refractivity contribution < 1.29 is 0 Å². The van der Waals surface area contributed by atoms with Gasteiger partial charge in [0.25, 0.3) is 0 Å². The third-order valence-corrected chi connectivity index (χ3v) is 2.84. The first-order valence-corrected chi connectivity index (χ1v) is 5.12. The van der Waals surface area contributed by atoms with Gasteiger partial charge in [0.2, 0.25) is 0 Å². The fraction of sp³-hybridized carbons (Fsp3) is 0.500. The highest BCUT2D eigenvalue weighted by Gasteiger charge is 2.19. The van der Waals surface area contributed by atoms with Crippen LogP contribution in [-0.2, 0) is 0 Å². The summed E-state index contributed by atoms with van der Waals surface area (Å²) in [5.41, 5.74) is 1.49. The van der Waals surface area contributed by atoms with Gasteiger partial charge >= 0.3 is 0 Å². The van der Waals surface area contributed by atoms with E-state index in [1.807, 2.05) is 0 Å². The molecular weight excluding hydrogens is 158 g/mol. The Morgan fingerprint density at radius 3 is 2.62 bits per heavy atom. The van der Waals surface area contributed by atoms with Crippen molar-refractivity contribution in [2.75, 3.05) is 13.1 Å². The lowest BCUT2D eigenvalue weighted by atomic mass is 9.87. The minimum atomic E-state index is 0.727. The zero-order valence-electron chi connectivity index (χ0n) is 8.16. The van der Waals surface area contributed by atoms with Gasteiger partial charge in [-0.15, -0.1) is 0 Å². The van der Waals surface area contributed by atoms with E-state index in [0.717, 1.165) is 18.4 Å². The van der Waals surface area contributed by atoms with Crippen LogP contribution in [0.3, 0.4) is 0 Å². The molecular formula is C12H17N. The molecule has 0 aromatic heterocycles. The van der Waals surface area contributed by atoms with Gasteiger partial charge in [-0.1, -0.05) is 37.3 Å². The Kier molecular flexibility index (Phi) is 2.65. The lowest BCUT2D eigenvalue weighted by molar-refractivity contribution is 0.364. The van der Waals surface area contributed by atoms with E-state index in [9.17, 15) is 0 Å². The van der Waals surface area contributed by atoms with Gasteiger partial charge in [0.05, 0.1) is 0 Å². The normalized spacial score (nSPS) is 28.7. The SMILES string of the molecule is CC1CNCC(c2ccccc2)C1. The minimum absolute atomic E-state index is 0.727. The molecule has 70 valence electrons. The van der Waals surface area contributed by atoms with Crippen molar-refractivity contribution in [3.8, 4) is 0 Å². The van der Waals surface area contributed by atoms with Gasteiger partial charge in [0.15, 0.2) is 0 Å². The van der Waals surface area contributed by atoms with Gasteiger partial charge in [0.1, 0.15) is 0 Å². The molecule has 0 amide bonds. The highest BCUT2D eigenvalue weighted by atomic mass is 14.9. The summed E-state index contributed by atoms with van der Waals surface area (Å²) in [7, 11) is 0. The molecule has 1 heterocycles. The van der Waals surface area contributed by atoms with Gasteiger partial charge in [0, 0.05) is 6.54 Å². The Hall–Kier alpha value is -0.820. The first-order valence-electron chi connectivity index (χ1n) is 5.12. The first kappa shape index (κ1) is 8.76. The van der Waals surface area contributed by atoms with Crippen LogP contribution in [0, 0.1) is 5.92 Å². The molecule has 0 saturated carbocycles. The standard InChI is InChI=1S/C12H17N/c1-10-7-12(9-13-8-10)11-5-3-2-4-6-11/h2-6,10,12-13H,7-9H2,1H3. The van der Waals surface area contributed by atoms with E-state index in [1.165, 1.54) is 18.5 Å². The number of hydrogen-bond donors (Lipinski definition) is 1. The molecule has 1 aliphatic rings. The number of rotatable bonds is 1. The van der Waals surface area contributed by atoms with Crippen molar-refractivity contribution in [2.24, 2.45) is 5.92 Å². The molecule has 1 heteroatoms. The molecule has 2 atom stereocenters. The highest BCUT2D eigenvalue weighted by molar-refractivity contribution is 5.20. The molecule has 1 fully saturated rings. The average molecular weight is 175 g/mol. The quantitative estimate of drug-likeness (QED) is 0.691. The van der Waals surface area contributed by atoms with Gasteiger partial charge in [-0.25, -0.2) is 0 Å². The smallest absolute Gasteiger partial charge is 0.00203 e. The minimum Gasteiger partial charge on any atom is -0.316 e. The second-order valence-corrected chi connectivity index (χ2v) is 4.11. The Bertz CT molecular complexity index is 255. The van der Waals surface area contributed by atoms with E-state index in [4.69, 9.17) is 0 Å². The maximum atomic E-state index is 3.48. The van der Waals surface area contributed by atoms with Gasteiger partial charge in [-0.3, -0.25) is 0 Å². The number of hydrogen-bond acceptors (Lipinski definition) is 1. The Morgan fingerprint density at radius 1 is 1.15 bits per heavy atom. The maximum Gasteiger partial charge on any atom is 0.00203 e. The van der Waals surface area contributed by atoms with Crippen LogP contribution >= 0.6 is 0 Å². The van der Waals surface area contributed by atoms with Gasteiger partial charge < -0.3 is 5.32 Å². The Labute approximate surface area is 80.2 Å². The van der Waals surface area contributed by atoms with Crippen LogP contribution < -0.4 is 5.32 Å². The summed E-state index contributed by atoms with van der Waals surface area (Å²) >= 11 is 0. The predicted octanol–water partition coefficient (Wildman–Crippen LogP) is 2.40. The molecule has 0 spiro atoms. The third kappa shape index (κ3) is 2.10. The van der Waals surface area contributed by atoms with Crippen molar-refractivity contribution in [2.45, 2.75) is 19.3 Å². The molecule has 0 aliphatic carbocycles. The molecule has 1 nitrogen and oxygen atoms in total. The lowest BCUT2D eigenvalue weighted by Crippen LogP contribution is -2.33. The van der Waals surface area contributed by atoms with E-state index in [2.05, 4.69) is 42.6 Å². The van der Waals surface area contributed by atoms with Gasteiger partial charge in [-0.2, -0.15) is 0 Å². The van der Waals surface area contributed by atoms with E-state index >= 15 is 0 Å². The van der Waals surface area contributed by atoms with Crippen LogP contribution in [0.1, 0.15) is 24.8 Å². The summed E-state index contributed by atoms with van der Waals surface area (Å²) in [6.45, 7) is 4.65. The summed E-state index contributed by atoms with van der Waals surface area (Å²) in [4.78, 5) is 0. The maximum absolute atomic E-state index is 3.48. The molecule has 13 heavy (non-hydrogen) atoms. The Morgan fingerprint density at radius 2 is 1.92 bits per heavy atom. The molecule has 1 aromatic carbocycles. The van der Waals surface area contributed by atoms with E-state index < -0.39 is 0 Å². The van der Waals surface area contributed by atoms with Crippen LogP contribution in [0.5, 0.6) is 0 Å². The zero-order valence-corrected chi connectivity index (χ0v) is 8.16.